The van der Waals surface area contributed by atoms with Gasteiger partial charge in [0.2, 0.25) is 0 Å². The quantitative estimate of drug-likeness (QED) is 0.412. The average molecular weight is 480 g/mol. The van der Waals surface area contributed by atoms with Gasteiger partial charge >= 0.3 is 0 Å². The summed E-state index contributed by atoms with van der Waals surface area (Å²) in [7, 11) is 0. The van der Waals surface area contributed by atoms with E-state index in [0.29, 0.717) is 17.6 Å². The molecule has 34 heavy (non-hydrogen) atoms. The van der Waals surface area contributed by atoms with Gasteiger partial charge in [0, 0.05) is 48.3 Å². The molecule has 0 amide bonds. The predicted molar refractivity (Wildman–Crippen MR) is 137 cm³/mol. The minimum atomic E-state index is -0.237. The molecule has 1 aromatic carbocycles. The largest absolute Gasteiger partial charge is 0.380 e. The first kappa shape index (κ1) is 23.1. The molecule has 1 aliphatic carbocycles. The Morgan fingerprint density at radius 1 is 1.00 bits per heavy atom. The Kier molecular flexibility index (Phi) is 7.26. The van der Waals surface area contributed by atoms with Crippen molar-refractivity contribution in [1.82, 2.24) is 14.9 Å². The minimum absolute atomic E-state index is 0.237. The zero-order chi connectivity index (χ0) is 23.3. The maximum atomic E-state index is 13.4. The van der Waals surface area contributed by atoms with Crippen LogP contribution in [0.1, 0.15) is 44.1 Å². The van der Waals surface area contributed by atoms with Crippen molar-refractivity contribution in [3.8, 4) is 11.1 Å². The zero-order valence-electron chi connectivity index (χ0n) is 19.3. The van der Waals surface area contributed by atoms with Crippen LogP contribution >= 0.6 is 11.6 Å². The van der Waals surface area contributed by atoms with Gasteiger partial charge in [-0.05, 0) is 81.4 Å². The van der Waals surface area contributed by atoms with Crippen molar-refractivity contribution in [3.05, 3.63) is 71.4 Å². The number of pyridine rings is 2. The number of hydrogen-bond donors (Lipinski definition) is 2. The monoisotopic (exact) mass is 479 g/mol. The van der Waals surface area contributed by atoms with Gasteiger partial charge in [-0.2, -0.15) is 0 Å². The van der Waals surface area contributed by atoms with E-state index in [1.807, 2.05) is 18.2 Å². The molecule has 3 heterocycles. The summed E-state index contributed by atoms with van der Waals surface area (Å²) >= 11 is 6.52. The fourth-order valence-electron chi connectivity index (χ4n) is 5.17. The SMILES string of the molecule is Fc1cccc(CNc2cncc(-c3cc(N[C@H]4CC[C@H](N5CCCC5)CC4)ncc3Cl)c2)c1. The second-order valence-electron chi connectivity index (χ2n) is 9.39. The Balaban J connectivity index is 1.23. The van der Waals surface area contributed by atoms with Gasteiger partial charge in [-0.3, -0.25) is 4.98 Å². The van der Waals surface area contributed by atoms with Crippen LogP contribution in [0.25, 0.3) is 11.1 Å². The molecule has 5 rings (SSSR count). The molecule has 1 aliphatic heterocycles. The molecule has 2 aliphatic rings. The lowest BCUT2D eigenvalue weighted by Gasteiger charge is -2.35. The van der Waals surface area contributed by atoms with E-state index in [0.717, 1.165) is 34.2 Å². The molecule has 1 saturated heterocycles. The van der Waals surface area contributed by atoms with Gasteiger partial charge in [-0.1, -0.05) is 23.7 Å². The van der Waals surface area contributed by atoms with Gasteiger partial charge in [0.05, 0.1) is 10.7 Å². The summed E-state index contributed by atoms with van der Waals surface area (Å²) in [5.74, 6) is 0.612. The average Bonchev–Trinajstić information content (AvgIpc) is 3.40. The number of likely N-dealkylation sites (tertiary alicyclic amines) is 1. The van der Waals surface area contributed by atoms with Crippen LogP contribution in [0.5, 0.6) is 0 Å². The van der Waals surface area contributed by atoms with Gasteiger partial charge < -0.3 is 15.5 Å². The molecule has 2 N–H and O–H groups in total. The molecule has 0 bridgehead atoms. The standard InChI is InChI=1S/C27H31ClFN5/c28-26-18-32-27(33-22-6-8-24(9-7-22)34-10-1-2-11-34)14-25(26)20-13-23(17-30-16-20)31-15-19-4-3-5-21(29)12-19/h3-5,12-14,16-18,22,24,31H,1-2,6-11,15H2,(H,32,33)/t22-,24-. The Morgan fingerprint density at radius 3 is 2.62 bits per heavy atom. The number of nitrogens with zero attached hydrogens (tertiary/aromatic N) is 3. The summed E-state index contributed by atoms with van der Waals surface area (Å²) in [6.07, 6.45) is 12.8. The number of anilines is 2. The molecule has 0 unspecified atom stereocenters. The highest BCUT2D eigenvalue weighted by atomic mass is 35.5. The van der Waals surface area contributed by atoms with Crippen molar-refractivity contribution in [2.24, 2.45) is 0 Å². The third-order valence-electron chi connectivity index (χ3n) is 7.00. The molecule has 3 aromatic rings. The molecule has 5 nitrogen and oxygen atoms in total. The van der Waals surface area contributed by atoms with Crippen LogP contribution in [-0.4, -0.2) is 40.0 Å². The molecule has 178 valence electrons. The van der Waals surface area contributed by atoms with E-state index in [-0.39, 0.29) is 5.82 Å². The maximum Gasteiger partial charge on any atom is 0.126 e. The summed E-state index contributed by atoms with van der Waals surface area (Å²) in [6.45, 7) is 3.06. The van der Waals surface area contributed by atoms with E-state index in [1.165, 1.54) is 63.7 Å². The topological polar surface area (TPSA) is 53.1 Å². The van der Waals surface area contributed by atoms with Crippen LogP contribution in [0.3, 0.4) is 0 Å². The van der Waals surface area contributed by atoms with Crippen molar-refractivity contribution in [2.45, 2.75) is 57.2 Å². The van der Waals surface area contributed by atoms with Gasteiger partial charge in [-0.15, -0.1) is 0 Å². The van der Waals surface area contributed by atoms with Crippen molar-refractivity contribution < 1.29 is 4.39 Å². The van der Waals surface area contributed by atoms with Crippen molar-refractivity contribution in [1.29, 1.82) is 0 Å². The lowest BCUT2D eigenvalue weighted by Crippen LogP contribution is -2.38. The first-order valence-electron chi connectivity index (χ1n) is 12.2. The number of rotatable bonds is 7. The summed E-state index contributed by atoms with van der Waals surface area (Å²) in [6, 6.07) is 11.8. The van der Waals surface area contributed by atoms with Crippen molar-refractivity contribution in [3.63, 3.8) is 0 Å². The van der Waals surface area contributed by atoms with E-state index >= 15 is 0 Å². The summed E-state index contributed by atoms with van der Waals surface area (Å²) in [4.78, 5) is 11.6. The van der Waals surface area contributed by atoms with Gasteiger partial charge in [0.15, 0.2) is 0 Å². The van der Waals surface area contributed by atoms with E-state index in [9.17, 15) is 4.39 Å². The highest BCUT2D eigenvalue weighted by Crippen LogP contribution is 2.32. The lowest BCUT2D eigenvalue weighted by atomic mass is 9.90. The Bertz CT molecular complexity index is 1110. The summed E-state index contributed by atoms with van der Waals surface area (Å²) in [5.41, 5.74) is 3.53. The first-order chi connectivity index (χ1) is 16.6. The van der Waals surface area contributed by atoms with Crippen LogP contribution in [0.2, 0.25) is 5.02 Å². The molecule has 1 saturated carbocycles. The van der Waals surface area contributed by atoms with E-state index in [4.69, 9.17) is 11.6 Å². The third-order valence-corrected chi connectivity index (χ3v) is 7.30. The Labute approximate surface area is 205 Å². The number of hydrogen-bond acceptors (Lipinski definition) is 5. The minimum Gasteiger partial charge on any atom is -0.380 e. The second kappa shape index (κ2) is 10.7. The smallest absolute Gasteiger partial charge is 0.126 e. The van der Waals surface area contributed by atoms with Crippen LogP contribution in [-0.2, 0) is 6.54 Å². The summed E-state index contributed by atoms with van der Waals surface area (Å²) < 4.78 is 13.4. The van der Waals surface area contributed by atoms with E-state index in [2.05, 4.69) is 25.5 Å². The number of halogens is 2. The van der Waals surface area contributed by atoms with Gasteiger partial charge in [0.1, 0.15) is 11.6 Å². The molecule has 0 radical (unpaired) electrons. The lowest BCUT2D eigenvalue weighted by molar-refractivity contribution is 0.186. The third kappa shape index (κ3) is 5.68. The molecule has 7 heteroatoms. The Morgan fingerprint density at radius 2 is 1.82 bits per heavy atom. The fraction of sp³-hybridized carbons (Fsp3) is 0.407. The van der Waals surface area contributed by atoms with Crippen LogP contribution in [0.15, 0.2) is 55.0 Å². The molecular weight excluding hydrogens is 449 g/mol. The first-order valence-corrected chi connectivity index (χ1v) is 12.6. The predicted octanol–water partition coefficient (Wildman–Crippen LogP) is 6.37. The van der Waals surface area contributed by atoms with E-state index in [1.54, 1.807) is 24.7 Å². The molecular formula is C27H31ClFN5. The normalized spacial score (nSPS) is 20.9. The van der Waals surface area contributed by atoms with Crippen LogP contribution in [0, 0.1) is 5.82 Å². The molecule has 0 spiro atoms. The fourth-order valence-corrected chi connectivity index (χ4v) is 5.39. The highest BCUT2D eigenvalue weighted by Gasteiger charge is 2.27. The van der Waals surface area contributed by atoms with Crippen LogP contribution < -0.4 is 10.6 Å². The van der Waals surface area contributed by atoms with Gasteiger partial charge in [-0.25, -0.2) is 9.37 Å². The van der Waals surface area contributed by atoms with Crippen molar-refractivity contribution >= 4 is 23.1 Å². The van der Waals surface area contributed by atoms with Crippen LogP contribution in [0.4, 0.5) is 15.9 Å². The maximum absolute atomic E-state index is 13.4. The Hall–Kier alpha value is -2.70. The molecule has 2 aromatic heterocycles. The number of benzene rings is 1. The zero-order valence-corrected chi connectivity index (χ0v) is 20.1. The van der Waals surface area contributed by atoms with Gasteiger partial charge in [0.25, 0.3) is 0 Å². The molecule has 0 atom stereocenters. The number of aromatic nitrogens is 2. The summed E-state index contributed by atoms with van der Waals surface area (Å²) in [5, 5.41) is 7.54. The van der Waals surface area contributed by atoms with Crippen molar-refractivity contribution in [2.75, 3.05) is 23.7 Å². The second-order valence-corrected chi connectivity index (χ2v) is 9.80. The highest BCUT2D eigenvalue weighted by molar-refractivity contribution is 6.33. The van der Waals surface area contributed by atoms with E-state index < -0.39 is 0 Å². The molecule has 2 fully saturated rings. The number of nitrogens with one attached hydrogen (secondary N) is 2.